The van der Waals surface area contributed by atoms with E-state index < -0.39 is 5.60 Å². The van der Waals surface area contributed by atoms with Crippen molar-refractivity contribution in [3.8, 4) is 5.82 Å². The quantitative estimate of drug-likeness (QED) is 0.645. The van der Waals surface area contributed by atoms with Gasteiger partial charge in [-0.1, -0.05) is 6.07 Å². The zero-order valence-electron chi connectivity index (χ0n) is 18.2. The summed E-state index contributed by atoms with van der Waals surface area (Å²) in [6.07, 6.45) is 5.16. The number of ether oxygens (including phenoxy) is 1. The Balaban J connectivity index is 1.63. The number of carbonyl (C=O) groups is 1. The maximum absolute atomic E-state index is 12.5. The van der Waals surface area contributed by atoms with Gasteiger partial charge in [-0.25, -0.2) is 19.7 Å². The first-order valence-corrected chi connectivity index (χ1v) is 10.2. The predicted octanol–water partition coefficient (Wildman–Crippen LogP) is 3.57. The molecule has 3 aromatic heterocycles. The highest BCUT2D eigenvalue weighted by Gasteiger charge is 2.31. The third-order valence-corrected chi connectivity index (χ3v) is 5.20. The number of fused-ring (bicyclic) bond motifs is 1. The lowest BCUT2D eigenvalue weighted by Crippen LogP contribution is -2.54. The number of amides is 1. The summed E-state index contributed by atoms with van der Waals surface area (Å²) in [6, 6.07) is 5.92. The van der Waals surface area contributed by atoms with Gasteiger partial charge in [0.2, 0.25) is 0 Å². The molecule has 1 aliphatic rings. The van der Waals surface area contributed by atoms with Crippen LogP contribution in [-0.4, -0.2) is 61.8 Å². The van der Waals surface area contributed by atoms with Gasteiger partial charge in [0.1, 0.15) is 23.6 Å². The molecule has 1 aliphatic heterocycles. The normalized spacial score (nSPS) is 17.4. The fourth-order valence-corrected chi connectivity index (χ4v) is 3.88. The minimum Gasteiger partial charge on any atom is -0.444 e. The maximum Gasteiger partial charge on any atom is 0.410 e. The van der Waals surface area contributed by atoms with Gasteiger partial charge in [0.15, 0.2) is 5.65 Å². The van der Waals surface area contributed by atoms with Crippen molar-refractivity contribution in [2.24, 2.45) is 0 Å². The van der Waals surface area contributed by atoms with Crippen molar-refractivity contribution in [2.45, 2.75) is 46.3 Å². The number of piperazine rings is 1. The topological polar surface area (TPSA) is 76.4 Å². The lowest BCUT2D eigenvalue weighted by Gasteiger charge is -2.41. The average Bonchev–Trinajstić information content (AvgIpc) is 3.04. The standard InChI is InChI=1S/C22H28N6O2/c1-15-12-28(17-8-6-7-9-23-17)20-18(15)19(24-14-25-20)27-11-10-26(13-16(27)2)21(29)30-22(3,4)5/h6-9,12,14,16H,10-11,13H2,1-5H3/t16-/m0/s1. The first kappa shape index (κ1) is 20.1. The molecule has 0 aliphatic carbocycles. The molecule has 8 nitrogen and oxygen atoms in total. The van der Waals surface area contributed by atoms with E-state index in [0.717, 1.165) is 28.2 Å². The number of carbonyl (C=O) groups excluding carboxylic acids is 1. The van der Waals surface area contributed by atoms with Crippen LogP contribution in [0.1, 0.15) is 33.3 Å². The molecule has 0 aromatic carbocycles. The molecule has 4 heterocycles. The number of anilines is 1. The maximum atomic E-state index is 12.5. The zero-order valence-corrected chi connectivity index (χ0v) is 18.2. The van der Waals surface area contributed by atoms with Crippen molar-refractivity contribution in [2.75, 3.05) is 24.5 Å². The molecule has 30 heavy (non-hydrogen) atoms. The Hall–Kier alpha value is -3.16. The van der Waals surface area contributed by atoms with Gasteiger partial charge in [-0.05, 0) is 52.3 Å². The van der Waals surface area contributed by atoms with Crippen molar-refractivity contribution in [1.82, 2.24) is 24.4 Å². The van der Waals surface area contributed by atoms with E-state index in [0.29, 0.717) is 19.6 Å². The number of nitrogens with zero attached hydrogens (tertiary/aromatic N) is 6. The summed E-state index contributed by atoms with van der Waals surface area (Å²) in [4.78, 5) is 30.1. The molecular weight excluding hydrogens is 380 g/mol. The summed E-state index contributed by atoms with van der Waals surface area (Å²) in [7, 11) is 0. The molecule has 3 aromatic rings. The number of aromatic nitrogens is 4. The SMILES string of the molecule is Cc1cn(-c2ccccn2)c2ncnc(N3CCN(C(=O)OC(C)(C)C)C[C@@H]3C)c12. The molecule has 0 unspecified atom stereocenters. The van der Waals surface area contributed by atoms with Crippen LogP contribution in [0.5, 0.6) is 0 Å². The van der Waals surface area contributed by atoms with Crippen LogP contribution in [-0.2, 0) is 4.74 Å². The highest BCUT2D eigenvalue weighted by Crippen LogP contribution is 2.31. The molecule has 0 N–H and O–H groups in total. The molecule has 1 amide bonds. The summed E-state index contributed by atoms with van der Waals surface area (Å²) >= 11 is 0. The third kappa shape index (κ3) is 3.81. The first-order chi connectivity index (χ1) is 14.2. The van der Waals surface area contributed by atoms with Crippen LogP contribution in [0.3, 0.4) is 0 Å². The number of aryl methyl sites for hydroxylation is 1. The van der Waals surface area contributed by atoms with Crippen molar-refractivity contribution in [3.05, 3.63) is 42.5 Å². The Labute approximate surface area is 176 Å². The van der Waals surface area contributed by atoms with Crippen LogP contribution in [0.15, 0.2) is 36.9 Å². The van der Waals surface area contributed by atoms with Crippen LogP contribution in [0, 0.1) is 6.92 Å². The molecular formula is C22H28N6O2. The monoisotopic (exact) mass is 408 g/mol. The zero-order chi connectivity index (χ0) is 21.5. The Morgan fingerprint density at radius 2 is 1.97 bits per heavy atom. The van der Waals surface area contributed by atoms with Crippen LogP contribution in [0.25, 0.3) is 16.9 Å². The Morgan fingerprint density at radius 1 is 1.17 bits per heavy atom. The Morgan fingerprint density at radius 3 is 2.63 bits per heavy atom. The molecule has 0 radical (unpaired) electrons. The van der Waals surface area contributed by atoms with Gasteiger partial charge in [-0.15, -0.1) is 0 Å². The van der Waals surface area contributed by atoms with Crippen LogP contribution < -0.4 is 4.90 Å². The number of rotatable bonds is 2. The van der Waals surface area contributed by atoms with Crippen LogP contribution in [0.2, 0.25) is 0 Å². The second kappa shape index (κ2) is 7.59. The second-order valence-corrected chi connectivity index (χ2v) is 8.73. The largest absolute Gasteiger partial charge is 0.444 e. The predicted molar refractivity (Wildman–Crippen MR) is 116 cm³/mol. The Bertz CT molecular complexity index is 1060. The molecule has 0 saturated carbocycles. The highest BCUT2D eigenvalue weighted by molar-refractivity contribution is 5.92. The van der Waals surface area contributed by atoms with Crippen molar-refractivity contribution in [3.63, 3.8) is 0 Å². The summed E-state index contributed by atoms with van der Waals surface area (Å²) in [5, 5.41) is 1.01. The van der Waals surface area contributed by atoms with Crippen molar-refractivity contribution in [1.29, 1.82) is 0 Å². The summed E-state index contributed by atoms with van der Waals surface area (Å²) < 4.78 is 7.54. The van der Waals surface area contributed by atoms with Gasteiger partial charge in [0.25, 0.3) is 0 Å². The van der Waals surface area contributed by atoms with E-state index in [4.69, 9.17) is 4.74 Å². The van der Waals surface area contributed by atoms with E-state index >= 15 is 0 Å². The van der Waals surface area contributed by atoms with E-state index in [9.17, 15) is 4.79 Å². The highest BCUT2D eigenvalue weighted by atomic mass is 16.6. The van der Waals surface area contributed by atoms with E-state index in [2.05, 4.69) is 33.7 Å². The Kier molecular flexibility index (Phi) is 5.09. The van der Waals surface area contributed by atoms with E-state index in [1.807, 2.05) is 49.7 Å². The van der Waals surface area contributed by atoms with Crippen LogP contribution >= 0.6 is 0 Å². The molecule has 4 rings (SSSR count). The van der Waals surface area contributed by atoms with Crippen LogP contribution in [0.4, 0.5) is 10.6 Å². The lowest BCUT2D eigenvalue weighted by molar-refractivity contribution is 0.0218. The molecule has 1 atom stereocenters. The minimum atomic E-state index is -0.498. The van der Waals surface area contributed by atoms with Crippen molar-refractivity contribution >= 4 is 22.9 Å². The fraction of sp³-hybridized carbons (Fsp3) is 0.455. The number of hydrogen-bond acceptors (Lipinski definition) is 6. The van der Waals surface area contributed by atoms with Gasteiger partial charge in [0, 0.05) is 38.1 Å². The summed E-state index contributed by atoms with van der Waals surface area (Å²) in [5.74, 6) is 1.71. The minimum absolute atomic E-state index is 0.0990. The van der Waals surface area contributed by atoms with Gasteiger partial charge in [-0.3, -0.25) is 4.57 Å². The lowest BCUT2D eigenvalue weighted by atomic mass is 10.1. The van der Waals surface area contributed by atoms with E-state index in [-0.39, 0.29) is 12.1 Å². The molecule has 8 heteroatoms. The van der Waals surface area contributed by atoms with E-state index in [1.54, 1.807) is 17.4 Å². The molecule has 158 valence electrons. The molecule has 1 saturated heterocycles. The smallest absolute Gasteiger partial charge is 0.410 e. The van der Waals surface area contributed by atoms with Gasteiger partial charge < -0.3 is 14.5 Å². The van der Waals surface area contributed by atoms with Crippen molar-refractivity contribution < 1.29 is 9.53 Å². The molecule has 0 spiro atoms. The second-order valence-electron chi connectivity index (χ2n) is 8.73. The summed E-state index contributed by atoms with van der Waals surface area (Å²) in [5.41, 5.74) is 1.42. The van der Waals surface area contributed by atoms with Gasteiger partial charge in [-0.2, -0.15) is 0 Å². The fourth-order valence-electron chi connectivity index (χ4n) is 3.88. The van der Waals surface area contributed by atoms with E-state index in [1.165, 1.54) is 0 Å². The summed E-state index contributed by atoms with van der Waals surface area (Å²) in [6.45, 7) is 11.7. The first-order valence-electron chi connectivity index (χ1n) is 10.2. The third-order valence-electron chi connectivity index (χ3n) is 5.20. The van der Waals surface area contributed by atoms with Gasteiger partial charge >= 0.3 is 6.09 Å². The van der Waals surface area contributed by atoms with Gasteiger partial charge in [0.05, 0.1) is 5.39 Å². The number of hydrogen-bond donors (Lipinski definition) is 0. The average molecular weight is 409 g/mol. The molecule has 0 bridgehead atoms. The number of pyridine rings is 1. The molecule has 1 fully saturated rings.